The van der Waals surface area contributed by atoms with Crippen LogP contribution in [0.1, 0.15) is 12.0 Å². The van der Waals surface area contributed by atoms with Crippen molar-refractivity contribution in [3.8, 4) is 0 Å². The molecule has 3 rings (SSSR count). The number of anilines is 1. The van der Waals surface area contributed by atoms with Gasteiger partial charge in [0, 0.05) is 36.7 Å². The van der Waals surface area contributed by atoms with E-state index in [1.165, 1.54) is 0 Å². The molecule has 0 saturated carbocycles. The number of thioether (sulfide) groups is 1. The van der Waals surface area contributed by atoms with E-state index in [2.05, 4.69) is 10.6 Å². The van der Waals surface area contributed by atoms with Gasteiger partial charge in [0.25, 0.3) is 5.92 Å². The lowest BCUT2D eigenvalue weighted by Crippen LogP contribution is -2.38. The van der Waals surface area contributed by atoms with Gasteiger partial charge in [-0.1, -0.05) is 12.1 Å². The molecule has 8 heteroatoms. The molecule has 2 amide bonds. The van der Waals surface area contributed by atoms with Gasteiger partial charge >= 0.3 is 0 Å². The van der Waals surface area contributed by atoms with Gasteiger partial charge in [0.2, 0.25) is 11.8 Å². The molecule has 0 aliphatic carbocycles. The van der Waals surface area contributed by atoms with Crippen molar-refractivity contribution in [3.05, 3.63) is 29.8 Å². The number of rotatable bonds is 4. The zero-order valence-electron chi connectivity index (χ0n) is 13.8. The molecule has 0 radical (unpaired) electrons. The van der Waals surface area contributed by atoms with Crippen LogP contribution in [0.5, 0.6) is 0 Å². The third-order valence-corrected chi connectivity index (χ3v) is 5.31. The highest BCUT2D eigenvalue weighted by atomic mass is 32.2. The van der Waals surface area contributed by atoms with Crippen molar-refractivity contribution in [3.63, 3.8) is 0 Å². The summed E-state index contributed by atoms with van der Waals surface area (Å²) < 4.78 is 26.3. The number of carbonyl (C=O) groups excluding carboxylic acids is 2. The highest BCUT2D eigenvalue weighted by Gasteiger charge is 2.42. The third-order valence-electron chi connectivity index (χ3n) is 4.37. The SMILES string of the molecule is O=C(Nc1ccc(CC(=O)N2CCSCC2)cc1)C1CC(F)(F)CN1. The Morgan fingerprint density at radius 3 is 2.52 bits per heavy atom. The van der Waals surface area contributed by atoms with Gasteiger partial charge in [0.15, 0.2) is 0 Å². The average Bonchev–Trinajstić information content (AvgIpc) is 2.97. The number of carbonyl (C=O) groups is 2. The van der Waals surface area contributed by atoms with Crippen LogP contribution in [0, 0.1) is 0 Å². The molecule has 0 spiro atoms. The first-order chi connectivity index (χ1) is 11.9. The molecular weight excluding hydrogens is 348 g/mol. The average molecular weight is 369 g/mol. The molecule has 1 atom stereocenters. The van der Waals surface area contributed by atoms with Gasteiger partial charge in [-0.15, -0.1) is 0 Å². The van der Waals surface area contributed by atoms with Crippen molar-refractivity contribution in [1.29, 1.82) is 0 Å². The number of hydrogen-bond donors (Lipinski definition) is 2. The first-order valence-corrected chi connectivity index (χ1v) is 9.45. The quantitative estimate of drug-likeness (QED) is 0.849. The molecule has 1 aromatic rings. The summed E-state index contributed by atoms with van der Waals surface area (Å²) in [6, 6.07) is 6.07. The van der Waals surface area contributed by atoms with E-state index >= 15 is 0 Å². The molecule has 136 valence electrons. The molecule has 0 bridgehead atoms. The fourth-order valence-electron chi connectivity index (χ4n) is 2.94. The number of nitrogens with one attached hydrogen (secondary N) is 2. The summed E-state index contributed by atoms with van der Waals surface area (Å²) in [6.07, 6.45) is -0.158. The first kappa shape index (κ1) is 18.1. The van der Waals surface area contributed by atoms with Crippen molar-refractivity contribution in [2.24, 2.45) is 0 Å². The van der Waals surface area contributed by atoms with E-state index in [1.807, 2.05) is 16.7 Å². The number of hydrogen-bond acceptors (Lipinski definition) is 4. The summed E-state index contributed by atoms with van der Waals surface area (Å²) in [5.41, 5.74) is 1.40. The third kappa shape index (κ3) is 4.92. The van der Waals surface area contributed by atoms with Gasteiger partial charge in [0.05, 0.1) is 19.0 Å². The predicted octanol–water partition coefficient (Wildman–Crippen LogP) is 1.74. The Morgan fingerprint density at radius 1 is 1.24 bits per heavy atom. The van der Waals surface area contributed by atoms with E-state index in [-0.39, 0.29) is 5.91 Å². The first-order valence-electron chi connectivity index (χ1n) is 8.29. The van der Waals surface area contributed by atoms with Crippen molar-refractivity contribution < 1.29 is 18.4 Å². The summed E-state index contributed by atoms with van der Waals surface area (Å²) in [6.45, 7) is 1.11. The minimum atomic E-state index is -2.83. The van der Waals surface area contributed by atoms with E-state index in [0.717, 1.165) is 30.2 Å². The Kier molecular flexibility index (Phi) is 5.58. The van der Waals surface area contributed by atoms with Crippen LogP contribution in [-0.2, 0) is 16.0 Å². The summed E-state index contributed by atoms with van der Waals surface area (Å²) in [5.74, 6) is -1.24. The molecule has 2 saturated heterocycles. The number of benzene rings is 1. The standard InChI is InChI=1S/C17H21F2N3O2S/c18-17(19)10-14(20-11-17)16(24)21-13-3-1-12(2-4-13)9-15(23)22-5-7-25-8-6-22/h1-4,14,20H,5-11H2,(H,21,24). The van der Waals surface area contributed by atoms with Crippen LogP contribution in [0.25, 0.3) is 0 Å². The second-order valence-electron chi connectivity index (χ2n) is 6.35. The highest BCUT2D eigenvalue weighted by molar-refractivity contribution is 7.99. The summed E-state index contributed by atoms with van der Waals surface area (Å²) in [7, 11) is 0. The van der Waals surface area contributed by atoms with Crippen LogP contribution in [0.4, 0.5) is 14.5 Å². The van der Waals surface area contributed by atoms with Gasteiger partial charge < -0.3 is 10.2 Å². The van der Waals surface area contributed by atoms with E-state index in [9.17, 15) is 18.4 Å². The number of halogens is 2. The maximum Gasteiger partial charge on any atom is 0.262 e. The Hall–Kier alpha value is -1.67. The smallest absolute Gasteiger partial charge is 0.262 e. The molecular formula is C17H21F2N3O2S. The van der Waals surface area contributed by atoms with Crippen LogP contribution in [-0.4, -0.2) is 59.8 Å². The summed E-state index contributed by atoms with van der Waals surface area (Å²) >= 11 is 1.85. The van der Waals surface area contributed by atoms with Crippen molar-refractivity contribution in [2.75, 3.05) is 36.5 Å². The van der Waals surface area contributed by atoms with Gasteiger partial charge in [-0.25, -0.2) is 8.78 Å². The highest BCUT2D eigenvalue weighted by Crippen LogP contribution is 2.25. The van der Waals surface area contributed by atoms with Gasteiger partial charge in [-0.05, 0) is 17.7 Å². The Morgan fingerprint density at radius 2 is 1.92 bits per heavy atom. The molecule has 1 unspecified atom stereocenters. The van der Waals surface area contributed by atoms with Crippen molar-refractivity contribution >= 4 is 29.3 Å². The molecule has 2 heterocycles. The largest absolute Gasteiger partial charge is 0.341 e. The molecule has 2 fully saturated rings. The van der Waals surface area contributed by atoms with Crippen LogP contribution in [0.15, 0.2) is 24.3 Å². The fourth-order valence-corrected chi connectivity index (χ4v) is 3.84. The second-order valence-corrected chi connectivity index (χ2v) is 7.57. The zero-order chi connectivity index (χ0) is 17.9. The number of alkyl halides is 2. The van der Waals surface area contributed by atoms with Crippen molar-refractivity contribution in [1.82, 2.24) is 10.2 Å². The lowest BCUT2D eigenvalue weighted by atomic mass is 10.1. The van der Waals surface area contributed by atoms with Gasteiger partial charge in [-0.2, -0.15) is 11.8 Å². The maximum atomic E-state index is 13.1. The second kappa shape index (κ2) is 7.70. The molecule has 1 aromatic carbocycles. The van der Waals surface area contributed by atoms with E-state index in [1.54, 1.807) is 24.3 Å². The normalized spacial score (nSPS) is 22.6. The molecule has 2 aliphatic rings. The number of nitrogens with zero attached hydrogens (tertiary/aromatic N) is 1. The summed E-state index contributed by atoms with van der Waals surface area (Å²) in [5, 5.41) is 5.16. The van der Waals surface area contributed by atoms with Crippen LogP contribution < -0.4 is 10.6 Å². The molecule has 0 aromatic heterocycles. The minimum absolute atomic E-state index is 0.106. The molecule has 25 heavy (non-hydrogen) atoms. The fraction of sp³-hybridized carbons (Fsp3) is 0.529. The monoisotopic (exact) mass is 369 g/mol. The number of amides is 2. The van der Waals surface area contributed by atoms with Crippen LogP contribution >= 0.6 is 11.8 Å². The molecule has 5 nitrogen and oxygen atoms in total. The molecule has 2 N–H and O–H groups in total. The van der Waals surface area contributed by atoms with E-state index < -0.39 is 30.8 Å². The lowest BCUT2D eigenvalue weighted by Gasteiger charge is -2.26. The van der Waals surface area contributed by atoms with Crippen molar-refractivity contribution in [2.45, 2.75) is 24.8 Å². The van der Waals surface area contributed by atoms with Crippen LogP contribution in [0.2, 0.25) is 0 Å². The lowest BCUT2D eigenvalue weighted by molar-refractivity contribution is -0.130. The van der Waals surface area contributed by atoms with E-state index in [4.69, 9.17) is 0 Å². The van der Waals surface area contributed by atoms with E-state index in [0.29, 0.717) is 12.1 Å². The summed E-state index contributed by atoms with van der Waals surface area (Å²) in [4.78, 5) is 26.1. The Balaban J connectivity index is 1.51. The zero-order valence-corrected chi connectivity index (χ0v) is 14.6. The van der Waals surface area contributed by atoms with Gasteiger partial charge in [0.1, 0.15) is 0 Å². The van der Waals surface area contributed by atoms with Gasteiger partial charge in [-0.3, -0.25) is 14.9 Å². The molecule has 2 aliphatic heterocycles. The Labute approximate surface area is 149 Å². The Bertz CT molecular complexity index is 633. The topological polar surface area (TPSA) is 61.4 Å². The minimum Gasteiger partial charge on any atom is -0.341 e. The van der Waals surface area contributed by atoms with Crippen LogP contribution in [0.3, 0.4) is 0 Å². The predicted molar refractivity (Wildman–Crippen MR) is 94.0 cm³/mol. The maximum absolute atomic E-state index is 13.1.